The molecule has 3 rings (SSSR count). The van der Waals surface area contributed by atoms with Gasteiger partial charge < -0.3 is 10.1 Å². The van der Waals surface area contributed by atoms with Crippen LogP contribution in [0.3, 0.4) is 0 Å². The van der Waals surface area contributed by atoms with Gasteiger partial charge in [-0.1, -0.05) is 34.1 Å². The molecule has 0 radical (unpaired) electrons. The molecule has 0 atom stereocenters. The molecular formula is C14H14BrN3OS. The molecular weight excluding hydrogens is 338 g/mol. The van der Waals surface area contributed by atoms with Gasteiger partial charge in [-0.15, -0.1) is 11.3 Å². The summed E-state index contributed by atoms with van der Waals surface area (Å²) in [5, 5.41) is 5.46. The Morgan fingerprint density at radius 3 is 3.00 bits per heavy atom. The summed E-state index contributed by atoms with van der Waals surface area (Å²) in [5.74, 6) is 0.691. The first-order chi connectivity index (χ1) is 9.79. The van der Waals surface area contributed by atoms with Crippen LogP contribution in [0.4, 0.5) is 0 Å². The summed E-state index contributed by atoms with van der Waals surface area (Å²) in [6.07, 6.45) is 2.02. The number of nitrogens with one attached hydrogen (secondary N) is 1. The van der Waals surface area contributed by atoms with Gasteiger partial charge in [0.25, 0.3) is 0 Å². The molecule has 0 aliphatic heterocycles. The van der Waals surface area contributed by atoms with Gasteiger partial charge in [0.05, 0.1) is 7.11 Å². The molecule has 0 aliphatic rings. The molecule has 104 valence electrons. The summed E-state index contributed by atoms with van der Waals surface area (Å²) in [7, 11) is 1.66. The molecule has 20 heavy (non-hydrogen) atoms. The summed E-state index contributed by atoms with van der Waals surface area (Å²) in [5.41, 5.74) is 2.29. The Bertz CT molecular complexity index is 722. The lowest BCUT2D eigenvalue weighted by Gasteiger charge is -2.07. The number of aromatic nitrogens is 2. The molecule has 1 N–H and O–H groups in total. The van der Waals surface area contributed by atoms with Gasteiger partial charge in [0, 0.05) is 29.1 Å². The SMILES string of the molecule is COc1nc2sccn2c1CNCc1ccccc1Br. The summed E-state index contributed by atoms with van der Waals surface area (Å²) in [6, 6.07) is 8.21. The number of ether oxygens (including phenoxy) is 1. The van der Waals surface area contributed by atoms with Gasteiger partial charge in [-0.05, 0) is 11.6 Å². The van der Waals surface area contributed by atoms with Gasteiger partial charge in [-0.3, -0.25) is 4.40 Å². The zero-order valence-electron chi connectivity index (χ0n) is 11.0. The van der Waals surface area contributed by atoms with Crippen molar-refractivity contribution in [3.63, 3.8) is 0 Å². The molecule has 2 heterocycles. The normalized spacial score (nSPS) is 11.1. The third kappa shape index (κ3) is 2.59. The number of rotatable bonds is 5. The van der Waals surface area contributed by atoms with Crippen LogP contribution < -0.4 is 10.1 Å². The molecule has 0 saturated heterocycles. The minimum absolute atomic E-state index is 0.691. The number of hydrogen-bond acceptors (Lipinski definition) is 4. The van der Waals surface area contributed by atoms with E-state index in [0.29, 0.717) is 12.4 Å². The number of nitrogens with zero attached hydrogens (tertiary/aromatic N) is 2. The predicted molar refractivity (Wildman–Crippen MR) is 84.3 cm³/mol. The quantitative estimate of drug-likeness (QED) is 0.764. The van der Waals surface area contributed by atoms with E-state index in [9.17, 15) is 0 Å². The van der Waals surface area contributed by atoms with Crippen LogP contribution in [0, 0.1) is 0 Å². The lowest BCUT2D eigenvalue weighted by atomic mass is 10.2. The van der Waals surface area contributed by atoms with Crippen molar-refractivity contribution >= 4 is 32.2 Å². The summed E-state index contributed by atoms with van der Waals surface area (Å²) in [6.45, 7) is 1.50. The zero-order valence-corrected chi connectivity index (χ0v) is 13.4. The van der Waals surface area contributed by atoms with Crippen molar-refractivity contribution in [1.82, 2.24) is 14.7 Å². The maximum Gasteiger partial charge on any atom is 0.237 e. The fourth-order valence-corrected chi connectivity index (χ4v) is 3.24. The van der Waals surface area contributed by atoms with Gasteiger partial charge in [-0.25, -0.2) is 0 Å². The number of methoxy groups -OCH3 is 1. The molecule has 6 heteroatoms. The number of thiazole rings is 1. The minimum atomic E-state index is 0.691. The van der Waals surface area contributed by atoms with Crippen molar-refractivity contribution in [3.05, 3.63) is 51.6 Å². The Morgan fingerprint density at radius 1 is 1.35 bits per heavy atom. The van der Waals surface area contributed by atoms with Crippen molar-refractivity contribution < 1.29 is 4.74 Å². The molecule has 0 saturated carbocycles. The highest BCUT2D eigenvalue weighted by Crippen LogP contribution is 2.23. The molecule has 1 aromatic carbocycles. The smallest absolute Gasteiger partial charge is 0.237 e. The Hall–Kier alpha value is -1.37. The van der Waals surface area contributed by atoms with E-state index in [0.717, 1.165) is 21.7 Å². The summed E-state index contributed by atoms with van der Waals surface area (Å²) >= 11 is 5.16. The second kappa shape index (κ2) is 5.95. The second-order valence-electron chi connectivity index (χ2n) is 4.32. The van der Waals surface area contributed by atoms with E-state index >= 15 is 0 Å². The molecule has 2 aromatic heterocycles. The summed E-state index contributed by atoms with van der Waals surface area (Å²) in [4.78, 5) is 5.40. The van der Waals surface area contributed by atoms with Crippen molar-refractivity contribution in [1.29, 1.82) is 0 Å². The largest absolute Gasteiger partial charge is 0.480 e. The highest BCUT2D eigenvalue weighted by molar-refractivity contribution is 9.10. The van der Waals surface area contributed by atoms with E-state index in [1.54, 1.807) is 18.4 Å². The van der Waals surface area contributed by atoms with Crippen LogP contribution in [0.2, 0.25) is 0 Å². The Balaban J connectivity index is 1.74. The van der Waals surface area contributed by atoms with E-state index in [2.05, 4.69) is 36.7 Å². The fourth-order valence-electron chi connectivity index (χ4n) is 2.09. The van der Waals surface area contributed by atoms with Crippen LogP contribution in [-0.4, -0.2) is 16.5 Å². The van der Waals surface area contributed by atoms with Crippen LogP contribution in [0.25, 0.3) is 4.96 Å². The first-order valence-corrected chi connectivity index (χ1v) is 7.89. The maximum absolute atomic E-state index is 5.34. The third-order valence-electron chi connectivity index (χ3n) is 3.08. The molecule has 0 fully saturated rings. The molecule has 3 aromatic rings. The summed E-state index contributed by atoms with van der Waals surface area (Å²) < 4.78 is 8.53. The lowest BCUT2D eigenvalue weighted by molar-refractivity contribution is 0.393. The molecule has 0 amide bonds. The van der Waals surface area contributed by atoms with E-state index in [4.69, 9.17) is 4.74 Å². The average molecular weight is 352 g/mol. The molecule has 0 unspecified atom stereocenters. The van der Waals surface area contributed by atoms with Crippen LogP contribution in [0.5, 0.6) is 5.88 Å². The standard InChI is InChI=1S/C14H14BrN3OS/c1-19-13-12(18-6-7-20-14(18)17-13)9-16-8-10-4-2-3-5-11(10)15/h2-7,16H,8-9H2,1H3. The van der Waals surface area contributed by atoms with Crippen molar-refractivity contribution in [3.8, 4) is 5.88 Å². The van der Waals surface area contributed by atoms with Crippen molar-refractivity contribution in [2.75, 3.05) is 7.11 Å². The number of halogens is 1. The molecule has 4 nitrogen and oxygen atoms in total. The van der Waals surface area contributed by atoms with Gasteiger partial charge in [0.1, 0.15) is 5.69 Å². The van der Waals surface area contributed by atoms with Crippen molar-refractivity contribution in [2.45, 2.75) is 13.1 Å². The van der Waals surface area contributed by atoms with E-state index in [-0.39, 0.29) is 0 Å². The molecule has 0 aliphatic carbocycles. The topological polar surface area (TPSA) is 38.6 Å². The number of fused-ring (bicyclic) bond motifs is 1. The first-order valence-electron chi connectivity index (χ1n) is 6.22. The Labute approximate surface area is 129 Å². The van der Waals surface area contributed by atoms with Gasteiger partial charge in [0.2, 0.25) is 5.88 Å². The average Bonchev–Trinajstić information content (AvgIpc) is 3.02. The Morgan fingerprint density at radius 2 is 2.20 bits per heavy atom. The Kier molecular flexibility index (Phi) is 4.05. The molecule has 0 spiro atoms. The van der Waals surface area contributed by atoms with Gasteiger partial charge in [-0.2, -0.15) is 4.98 Å². The molecule has 0 bridgehead atoms. The first kappa shape index (κ1) is 13.6. The van der Waals surface area contributed by atoms with E-state index in [1.165, 1.54) is 5.56 Å². The lowest BCUT2D eigenvalue weighted by Crippen LogP contribution is -2.14. The van der Waals surface area contributed by atoms with E-state index in [1.807, 2.05) is 29.8 Å². The number of imidazole rings is 1. The highest BCUT2D eigenvalue weighted by atomic mass is 79.9. The minimum Gasteiger partial charge on any atom is -0.480 e. The number of hydrogen-bond donors (Lipinski definition) is 1. The second-order valence-corrected chi connectivity index (χ2v) is 6.05. The van der Waals surface area contributed by atoms with Crippen LogP contribution in [0.1, 0.15) is 11.3 Å². The van der Waals surface area contributed by atoms with E-state index < -0.39 is 0 Å². The van der Waals surface area contributed by atoms with Crippen LogP contribution >= 0.6 is 27.3 Å². The highest BCUT2D eigenvalue weighted by Gasteiger charge is 2.13. The number of benzene rings is 1. The van der Waals surface area contributed by atoms with Crippen LogP contribution in [0.15, 0.2) is 40.3 Å². The maximum atomic E-state index is 5.34. The van der Waals surface area contributed by atoms with Gasteiger partial charge in [0.15, 0.2) is 4.96 Å². The van der Waals surface area contributed by atoms with Crippen molar-refractivity contribution in [2.24, 2.45) is 0 Å². The predicted octanol–water partition coefficient (Wildman–Crippen LogP) is 3.46. The van der Waals surface area contributed by atoms with Crippen LogP contribution in [-0.2, 0) is 13.1 Å². The fraction of sp³-hybridized carbons (Fsp3) is 0.214. The third-order valence-corrected chi connectivity index (χ3v) is 4.61. The monoisotopic (exact) mass is 351 g/mol. The van der Waals surface area contributed by atoms with Gasteiger partial charge >= 0.3 is 0 Å². The zero-order chi connectivity index (χ0) is 13.9.